The van der Waals surface area contributed by atoms with Gasteiger partial charge in [-0.1, -0.05) is 18.2 Å². The van der Waals surface area contributed by atoms with Crippen LogP contribution in [-0.4, -0.2) is 28.4 Å². The van der Waals surface area contributed by atoms with E-state index in [9.17, 15) is 23.1 Å². The molecule has 1 aromatic rings. The molecule has 5 atom stereocenters. The maximum Gasteiger partial charge on any atom is 0.416 e. The average Bonchev–Trinajstić information content (AvgIpc) is 3.03. The maximum absolute atomic E-state index is 12.9. The maximum atomic E-state index is 12.9. The van der Waals surface area contributed by atoms with E-state index in [1.807, 2.05) is 6.08 Å². The van der Waals surface area contributed by atoms with Gasteiger partial charge in [0.1, 0.15) is 6.23 Å². The lowest BCUT2D eigenvalue weighted by Gasteiger charge is -2.30. The fourth-order valence-corrected chi connectivity index (χ4v) is 4.33. The molecular formula is C17H16F3NO3. The van der Waals surface area contributed by atoms with Gasteiger partial charge in [-0.3, -0.25) is 9.69 Å². The van der Waals surface area contributed by atoms with Crippen LogP contribution in [0.1, 0.15) is 19.4 Å². The Morgan fingerprint density at radius 2 is 1.88 bits per heavy atom. The third-order valence-corrected chi connectivity index (χ3v) is 5.36. The van der Waals surface area contributed by atoms with Gasteiger partial charge in [0.2, 0.25) is 5.91 Å². The second-order valence-electron chi connectivity index (χ2n) is 6.98. The van der Waals surface area contributed by atoms with Crippen molar-refractivity contribution in [2.45, 2.75) is 37.5 Å². The smallest absolute Gasteiger partial charge is 0.373 e. The number of nitrogens with zero attached hydrogens (tertiary/aromatic N) is 1. The van der Waals surface area contributed by atoms with E-state index >= 15 is 0 Å². The summed E-state index contributed by atoms with van der Waals surface area (Å²) < 4.78 is 44.7. The second kappa shape index (κ2) is 4.40. The van der Waals surface area contributed by atoms with Crippen LogP contribution >= 0.6 is 0 Å². The Balaban J connectivity index is 1.76. The highest BCUT2D eigenvalue weighted by molar-refractivity contribution is 6.00. The van der Waals surface area contributed by atoms with E-state index in [2.05, 4.69) is 0 Å². The number of anilines is 1. The number of aliphatic hydroxyl groups excluding tert-OH is 1. The van der Waals surface area contributed by atoms with E-state index in [0.29, 0.717) is 0 Å². The Kier molecular flexibility index (Phi) is 2.87. The summed E-state index contributed by atoms with van der Waals surface area (Å²) in [6, 6.07) is 4.47. The molecule has 0 saturated carbocycles. The quantitative estimate of drug-likeness (QED) is 0.801. The summed E-state index contributed by atoms with van der Waals surface area (Å²) in [6.45, 7) is 3.55. The van der Waals surface area contributed by atoms with E-state index in [1.165, 1.54) is 12.1 Å². The van der Waals surface area contributed by atoms with Crippen LogP contribution in [0.3, 0.4) is 0 Å². The molecule has 128 valence electrons. The zero-order valence-corrected chi connectivity index (χ0v) is 13.0. The van der Waals surface area contributed by atoms with Crippen molar-refractivity contribution in [1.29, 1.82) is 0 Å². The number of aliphatic hydroxyl groups is 1. The van der Waals surface area contributed by atoms with Crippen LogP contribution in [0, 0.1) is 11.8 Å². The zero-order chi connectivity index (χ0) is 17.5. The van der Waals surface area contributed by atoms with E-state index in [4.69, 9.17) is 4.74 Å². The van der Waals surface area contributed by atoms with Crippen molar-refractivity contribution in [2.75, 3.05) is 4.90 Å². The van der Waals surface area contributed by atoms with Gasteiger partial charge in [0.25, 0.3) is 0 Å². The van der Waals surface area contributed by atoms with Gasteiger partial charge < -0.3 is 9.84 Å². The van der Waals surface area contributed by atoms with Gasteiger partial charge in [-0.15, -0.1) is 0 Å². The number of alkyl halides is 3. The van der Waals surface area contributed by atoms with E-state index in [1.54, 1.807) is 19.9 Å². The van der Waals surface area contributed by atoms with Gasteiger partial charge in [0.15, 0.2) is 0 Å². The lowest BCUT2D eigenvalue weighted by atomic mass is 9.73. The molecule has 4 rings (SSSR count). The highest BCUT2D eigenvalue weighted by Gasteiger charge is 2.70. The minimum Gasteiger partial charge on any atom is -0.373 e. The molecule has 24 heavy (non-hydrogen) atoms. The summed E-state index contributed by atoms with van der Waals surface area (Å²) in [7, 11) is 0. The van der Waals surface area contributed by atoms with E-state index in [-0.39, 0.29) is 5.69 Å². The molecule has 1 aromatic carbocycles. The highest BCUT2D eigenvalue weighted by atomic mass is 19.4. The number of amides is 1. The van der Waals surface area contributed by atoms with Crippen LogP contribution in [0.25, 0.3) is 0 Å². The second-order valence-corrected chi connectivity index (χ2v) is 6.98. The molecule has 0 radical (unpaired) electrons. The molecule has 1 amide bonds. The highest BCUT2D eigenvalue weighted by Crippen LogP contribution is 2.58. The first kappa shape index (κ1) is 15.7. The topological polar surface area (TPSA) is 49.8 Å². The largest absolute Gasteiger partial charge is 0.416 e. The monoisotopic (exact) mass is 339 g/mol. The number of carbonyl (C=O) groups excluding carboxylic acids is 1. The van der Waals surface area contributed by atoms with E-state index in [0.717, 1.165) is 17.0 Å². The van der Waals surface area contributed by atoms with Gasteiger partial charge in [-0.2, -0.15) is 13.2 Å². The first-order chi connectivity index (χ1) is 11.1. The minimum atomic E-state index is -4.51. The van der Waals surface area contributed by atoms with Crippen LogP contribution in [0.15, 0.2) is 36.4 Å². The normalized spacial score (nSPS) is 40.5. The summed E-state index contributed by atoms with van der Waals surface area (Å²) in [6.07, 6.45) is -2.13. The van der Waals surface area contributed by atoms with Crippen LogP contribution in [0.4, 0.5) is 18.9 Å². The molecule has 2 bridgehead atoms. The molecule has 7 heteroatoms. The number of ether oxygens (including phenoxy) is 1. The summed E-state index contributed by atoms with van der Waals surface area (Å²) >= 11 is 0. The average molecular weight is 339 g/mol. The summed E-state index contributed by atoms with van der Waals surface area (Å²) in [5.74, 6) is -1.55. The number of hydrogen-bond acceptors (Lipinski definition) is 3. The molecule has 3 heterocycles. The molecule has 0 aliphatic carbocycles. The lowest BCUT2D eigenvalue weighted by Crippen LogP contribution is -2.42. The molecule has 3 aliphatic heterocycles. The molecule has 2 saturated heterocycles. The fraction of sp³-hybridized carbons (Fsp3) is 0.471. The van der Waals surface area contributed by atoms with Crippen LogP contribution < -0.4 is 4.90 Å². The Bertz CT molecular complexity index is 762. The first-order valence-corrected chi connectivity index (χ1v) is 7.66. The Morgan fingerprint density at radius 3 is 2.50 bits per heavy atom. The van der Waals surface area contributed by atoms with Crippen LogP contribution in [-0.2, 0) is 15.7 Å². The van der Waals surface area contributed by atoms with Gasteiger partial charge in [0, 0.05) is 5.69 Å². The Labute approximate surface area is 136 Å². The summed E-state index contributed by atoms with van der Waals surface area (Å²) in [5, 5.41) is 10.7. The SMILES string of the molecule is CC12C=CC(C)(O1)[C@H]1C(O)N(c3cccc(C(F)(F)F)c3)C(=O)[C@H]12. The number of hydrogen-bond donors (Lipinski definition) is 1. The predicted octanol–water partition coefficient (Wildman–Crippen LogP) is 2.72. The standard InChI is InChI=1S/C17H16F3NO3/c1-15-6-7-16(2,24-15)12-11(15)13(22)21(14(12)23)10-5-3-4-9(8-10)17(18,19)20/h3-8,11-13,22H,1-2H3/t11-,12+,13?,15?,16?/m1/s1. The van der Waals surface area contributed by atoms with Gasteiger partial charge in [-0.05, 0) is 32.0 Å². The first-order valence-electron chi connectivity index (χ1n) is 7.66. The van der Waals surface area contributed by atoms with Gasteiger partial charge in [-0.25, -0.2) is 0 Å². The number of halogens is 3. The van der Waals surface area contributed by atoms with Gasteiger partial charge in [0.05, 0.1) is 28.6 Å². The van der Waals surface area contributed by atoms with Crippen LogP contribution in [0.2, 0.25) is 0 Å². The predicted molar refractivity (Wildman–Crippen MR) is 79.0 cm³/mol. The molecule has 0 spiro atoms. The molecule has 1 N–H and O–H groups in total. The van der Waals surface area contributed by atoms with Crippen molar-refractivity contribution in [2.24, 2.45) is 11.8 Å². The molecule has 2 fully saturated rings. The van der Waals surface area contributed by atoms with E-state index < -0.39 is 46.9 Å². The van der Waals surface area contributed by atoms with Crippen molar-refractivity contribution >= 4 is 11.6 Å². The fourth-order valence-electron chi connectivity index (χ4n) is 4.33. The molecule has 3 aliphatic rings. The Morgan fingerprint density at radius 1 is 1.21 bits per heavy atom. The number of carbonyl (C=O) groups is 1. The molecule has 3 unspecified atom stereocenters. The van der Waals surface area contributed by atoms with Crippen LogP contribution in [0.5, 0.6) is 0 Å². The van der Waals surface area contributed by atoms with Crippen molar-refractivity contribution in [3.63, 3.8) is 0 Å². The number of benzene rings is 1. The van der Waals surface area contributed by atoms with Crippen molar-refractivity contribution < 1.29 is 27.8 Å². The van der Waals surface area contributed by atoms with Crippen molar-refractivity contribution in [3.05, 3.63) is 42.0 Å². The molecular weight excluding hydrogens is 323 g/mol. The number of fused-ring (bicyclic) bond motifs is 5. The van der Waals surface area contributed by atoms with Gasteiger partial charge >= 0.3 is 6.18 Å². The lowest BCUT2D eigenvalue weighted by molar-refractivity contribution is -0.137. The van der Waals surface area contributed by atoms with Crippen molar-refractivity contribution in [1.82, 2.24) is 0 Å². The minimum absolute atomic E-state index is 0.0447. The third-order valence-electron chi connectivity index (χ3n) is 5.36. The summed E-state index contributed by atoms with van der Waals surface area (Å²) in [4.78, 5) is 13.9. The Hall–Kier alpha value is -1.86. The zero-order valence-electron chi connectivity index (χ0n) is 13.0. The van der Waals surface area contributed by atoms with Crippen molar-refractivity contribution in [3.8, 4) is 0 Å². The molecule has 4 nitrogen and oxygen atoms in total. The number of rotatable bonds is 1. The third kappa shape index (κ3) is 1.85. The molecule has 0 aromatic heterocycles. The summed E-state index contributed by atoms with van der Waals surface area (Å²) in [5.41, 5.74) is -2.45.